The second kappa shape index (κ2) is 5.50. The van der Waals surface area contributed by atoms with Gasteiger partial charge in [0.05, 0.1) is 0 Å². The number of carboxylic acids is 1. The van der Waals surface area contributed by atoms with Gasteiger partial charge in [0.25, 0.3) is 0 Å². The van der Waals surface area contributed by atoms with Crippen molar-refractivity contribution >= 4 is 28.6 Å². The van der Waals surface area contributed by atoms with Crippen molar-refractivity contribution in [2.75, 3.05) is 20.1 Å². The molecule has 0 radical (unpaired) electrons. The number of likely N-dealkylation sites (N-methyl/N-ethyl adjacent to an activating group) is 1. The maximum Gasteiger partial charge on any atom is 0.352 e. The summed E-state index contributed by atoms with van der Waals surface area (Å²) in [6.07, 6.45) is 1.87. The molecule has 0 aromatic carbocycles. The van der Waals surface area contributed by atoms with Gasteiger partial charge in [-0.2, -0.15) is 0 Å². The molecule has 0 unspecified atom stereocenters. The number of nitrogens with zero attached hydrogens (tertiary/aromatic N) is 2. The van der Waals surface area contributed by atoms with Crippen molar-refractivity contribution in [3.05, 3.63) is 21.5 Å². The fourth-order valence-electron chi connectivity index (χ4n) is 1.28. The third-order valence-electron chi connectivity index (χ3n) is 2.34. The van der Waals surface area contributed by atoms with Gasteiger partial charge < -0.3 is 14.6 Å². The molecule has 0 aliphatic heterocycles. The summed E-state index contributed by atoms with van der Waals surface area (Å²) in [5.41, 5.74) is 0.365. The van der Waals surface area contributed by atoms with E-state index in [0.717, 1.165) is 23.2 Å². The minimum atomic E-state index is -0.864. The fraction of sp³-hybridized carbons (Fsp3) is 0.500. The normalized spacial score (nSPS) is 10.9. The zero-order chi connectivity index (χ0) is 11.4. The standard InChI is InChI=1S/C10H15IN2O2/c1-3-12(2)4-5-13-7-8(11)6-9(13)10(14)15/h6-7H,3-5H2,1-2H3,(H,14,15). The van der Waals surface area contributed by atoms with Crippen LogP contribution in [0.3, 0.4) is 0 Å². The minimum Gasteiger partial charge on any atom is -0.477 e. The number of aromatic carboxylic acids is 1. The van der Waals surface area contributed by atoms with Gasteiger partial charge in [0.15, 0.2) is 0 Å². The third kappa shape index (κ3) is 3.49. The molecule has 1 rings (SSSR count). The van der Waals surface area contributed by atoms with Crippen molar-refractivity contribution in [2.45, 2.75) is 13.5 Å². The van der Waals surface area contributed by atoms with E-state index in [9.17, 15) is 4.79 Å². The van der Waals surface area contributed by atoms with E-state index in [-0.39, 0.29) is 0 Å². The predicted molar refractivity (Wildman–Crippen MR) is 67.3 cm³/mol. The van der Waals surface area contributed by atoms with Crippen LogP contribution in [0.5, 0.6) is 0 Å². The van der Waals surface area contributed by atoms with Crippen LogP contribution in [0.15, 0.2) is 12.3 Å². The lowest BCUT2D eigenvalue weighted by Crippen LogP contribution is -2.23. The number of halogens is 1. The number of hydrogen-bond donors (Lipinski definition) is 1. The van der Waals surface area contributed by atoms with Gasteiger partial charge >= 0.3 is 5.97 Å². The summed E-state index contributed by atoms with van der Waals surface area (Å²) < 4.78 is 2.75. The molecule has 0 bridgehead atoms. The van der Waals surface area contributed by atoms with Gasteiger partial charge in [-0.15, -0.1) is 0 Å². The monoisotopic (exact) mass is 322 g/mol. The maximum absolute atomic E-state index is 10.9. The zero-order valence-electron chi connectivity index (χ0n) is 8.90. The smallest absolute Gasteiger partial charge is 0.352 e. The molecule has 0 spiro atoms. The Labute approximate surface area is 103 Å². The van der Waals surface area contributed by atoms with Crippen molar-refractivity contribution in [3.63, 3.8) is 0 Å². The summed E-state index contributed by atoms with van der Waals surface area (Å²) in [5.74, 6) is -0.864. The molecular weight excluding hydrogens is 307 g/mol. The highest BCUT2D eigenvalue weighted by molar-refractivity contribution is 14.1. The van der Waals surface area contributed by atoms with Gasteiger partial charge in [0, 0.05) is 22.9 Å². The Kier molecular flexibility index (Phi) is 4.59. The van der Waals surface area contributed by atoms with Crippen LogP contribution in [0, 0.1) is 3.57 Å². The van der Waals surface area contributed by atoms with Crippen LogP contribution in [-0.2, 0) is 6.54 Å². The van der Waals surface area contributed by atoms with Crippen molar-refractivity contribution in [1.29, 1.82) is 0 Å². The topological polar surface area (TPSA) is 45.5 Å². The summed E-state index contributed by atoms with van der Waals surface area (Å²) in [7, 11) is 2.02. The van der Waals surface area contributed by atoms with Gasteiger partial charge in [-0.25, -0.2) is 4.79 Å². The molecule has 1 N–H and O–H groups in total. The molecule has 1 heterocycles. The Morgan fingerprint density at radius 1 is 1.67 bits per heavy atom. The van der Waals surface area contributed by atoms with Crippen molar-refractivity contribution in [2.24, 2.45) is 0 Å². The highest BCUT2D eigenvalue weighted by Crippen LogP contribution is 2.11. The minimum absolute atomic E-state index is 0.365. The van der Waals surface area contributed by atoms with E-state index in [4.69, 9.17) is 5.11 Å². The third-order valence-corrected chi connectivity index (χ3v) is 2.93. The average molecular weight is 322 g/mol. The maximum atomic E-state index is 10.9. The molecule has 15 heavy (non-hydrogen) atoms. The molecular formula is C10H15IN2O2. The zero-order valence-corrected chi connectivity index (χ0v) is 11.1. The molecule has 4 nitrogen and oxygen atoms in total. The summed E-state index contributed by atoms with van der Waals surface area (Å²) in [5, 5.41) is 8.96. The molecule has 5 heteroatoms. The Hall–Kier alpha value is -0.560. The SMILES string of the molecule is CCN(C)CCn1cc(I)cc1C(=O)O. The van der Waals surface area contributed by atoms with Crippen LogP contribution in [0.25, 0.3) is 0 Å². The molecule has 0 aliphatic rings. The quantitative estimate of drug-likeness (QED) is 0.840. The van der Waals surface area contributed by atoms with Gasteiger partial charge in [-0.1, -0.05) is 6.92 Å². The van der Waals surface area contributed by atoms with E-state index in [1.165, 1.54) is 0 Å². The van der Waals surface area contributed by atoms with Crippen molar-refractivity contribution in [1.82, 2.24) is 9.47 Å². The van der Waals surface area contributed by atoms with Gasteiger partial charge in [-0.05, 0) is 42.2 Å². The fourth-order valence-corrected chi connectivity index (χ4v) is 1.91. The second-order valence-electron chi connectivity index (χ2n) is 3.44. The molecule has 0 atom stereocenters. The first-order valence-electron chi connectivity index (χ1n) is 4.82. The van der Waals surface area contributed by atoms with Gasteiger partial charge in [0.2, 0.25) is 0 Å². The molecule has 0 fully saturated rings. The van der Waals surface area contributed by atoms with Crippen LogP contribution in [0.1, 0.15) is 17.4 Å². The van der Waals surface area contributed by atoms with E-state index in [0.29, 0.717) is 5.69 Å². The first kappa shape index (κ1) is 12.5. The highest BCUT2D eigenvalue weighted by Gasteiger charge is 2.11. The largest absolute Gasteiger partial charge is 0.477 e. The molecule has 1 aromatic rings. The summed E-state index contributed by atoms with van der Waals surface area (Å²) in [6, 6.07) is 1.69. The van der Waals surface area contributed by atoms with Crippen molar-refractivity contribution in [3.8, 4) is 0 Å². The Morgan fingerprint density at radius 3 is 2.87 bits per heavy atom. The van der Waals surface area contributed by atoms with Crippen LogP contribution < -0.4 is 0 Å². The van der Waals surface area contributed by atoms with E-state index in [1.807, 2.05) is 13.2 Å². The Balaban J connectivity index is 2.71. The molecule has 0 saturated heterocycles. The van der Waals surface area contributed by atoms with Crippen LogP contribution in [-0.4, -0.2) is 40.7 Å². The lowest BCUT2D eigenvalue weighted by molar-refractivity contribution is 0.0684. The molecule has 1 aromatic heterocycles. The van der Waals surface area contributed by atoms with Crippen LogP contribution >= 0.6 is 22.6 Å². The van der Waals surface area contributed by atoms with E-state index in [2.05, 4.69) is 34.4 Å². The Morgan fingerprint density at radius 2 is 2.33 bits per heavy atom. The van der Waals surface area contributed by atoms with Gasteiger partial charge in [-0.3, -0.25) is 0 Å². The van der Waals surface area contributed by atoms with E-state index < -0.39 is 5.97 Å². The average Bonchev–Trinajstić information content (AvgIpc) is 2.56. The van der Waals surface area contributed by atoms with Crippen LogP contribution in [0.2, 0.25) is 0 Å². The number of carboxylic acid groups (broad SMARTS) is 1. The number of hydrogen-bond acceptors (Lipinski definition) is 2. The van der Waals surface area contributed by atoms with E-state index >= 15 is 0 Å². The number of rotatable bonds is 5. The number of carbonyl (C=O) groups is 1. The lowest BCUT2D eigenvalue weighted by Gasteiger charge is -2.14. The molecule has 0 saturated carbocycles. The van der Waals surface area contributed by atoms with Crippen molar-refractivity contribution < 1.29 is 9.90 Å². The second-order valence-corrected chi connectivity index (χ2v) is 4.68. The van der Waals surface area contributed by atoms with E-state index in [1.54, 1.807) is 10.6 Å². The summed E-state index contributed by atoms with van der Waals surface area (Å²) in [4.78, 5) is 13.1. The molecule has 84 valence electrons. The van der Waals surface area contributed by atoms with Gasteiger partial charge in [0.1, 0.15) is 5.69 Å². The van der Waals surface area contributed by atoms with Crippen LogP contribution in [0.4, 0.5) is 0 Å². The highest BCUT2D eigenvalue weighted by atomic mass is 127. The lowest BCUT2D eigenvalue weighted by atomic mass is 10.4. The Bertz CT molecular complexity index is 349. The summed E-state index contributed by atoms with van der Waals surface area (Å²) >= 11 is 2.13. The molecule has 0 aliphatic carbocycles. The first-order valence-corrected chi connectivity index (χ1v) is 5.90. The predicted octanol–water partition coefficient (Wildman–Crippen LogP) is 1.74. The molecule has 0 amide bonds. The first-order chi connectivity index (χ1) is 7.04. The number of aromatic nitrogens is 1. The summed E-state index contributed by atoms with van der Waals surface area (Å²) in [6.45, 7) is 4.63.